The van der Waals surface area contributed by atoms with Crippen LogP contribution in [0, 0.1) is 5.92 Å². The number of benzene rings is 1. The molecule has 0 bridgehead atoms. The van der Waals surface area contributed by atoms with Crippen LogP contribution in [-0.2, 0) is 0 Å². The van der Waals surface area contributed by atoms with Gasteiger partial charge in [-0.2, -0.15) is 0 Å². The number of fused-ring (bicyclic) bond motifs is 2. The van der Waals surface area contributed by atoms with Crippen LogP contribution in [0.2, 0.25) is 0 Å². The largest absolute Gasteiger partial charge is 0.454 e. The van der Waals surface area contributed by atoms with Crippen molar-refractivity contribution >= 4 is 0 Å². The molecule has 2 fully saturated rings. The lowest BCUT2D eigenvalue weighted by Gasteiger charge is -2.48. The van der Waals surface area contributed by atoms with Gasteiger partial charge >= 0.3 is 0 Å². The summed E-state index contributed by atoms with van der Waals surface area (Å²) < 4.78 is 10.9. The number of piperidine rings is 1. The van der Waals surface area contributed by atoms with Crippen molar-refractivity contribution in [3.05, 3.63) is 23.8 Å². The highest BCUT2D eigenvalue weighted by molar-refractivity contribution is 5.45. The summed E-state index contributed by atoms with van der Waals surface area (Å²) >= 11 is 0. The van der Waals surface area contributed by atoms with E-state index in [0.717, 1.165) is 43.7 Å². The number of nitrogens with one attached hydrogen (secondary N) is 1. The van der Waals surface area contributed by atoms with Gasteiger partial charge in [0.2, 0.25) is 6.79 Å². The van der Waals surface area contributed by atoms with Gasteiger partial charge in [0.05, 0.1) is 5.60 Å². The summed E-state index contributed by atoms with van der Waals surface area (Å²) in [5.41, 5.74) is 0.726. The molecule has 0 amide bonds. The van der Waals surface area contributed by atoms with E-state index in [1.54, 1.807) is 0 Å². The van der Waals surface area contributed by atoms with E-state index < -0.39 is 5.60 Å². The van der Waals surface area contributed by atoms with Gasteiger partial charge in [-0.3, -0.25) is 0 Å². The Morgan fingerprint density at radius 2 is 2.05 bits per heavy atom. The van der Waals surface area contributed by atoms with Crippen molar-refractivity contribution in [2.24, 2.45) is 5.92 Å². The van der Waals surface area contributed by atoms with Crippen LogP contribution in [0.3, 0.4) is 0 Å². The summed E-state index contributed by atoms with van der Waals surface area (Å²) in [5, 5.41) is 14.5. The van der Waals surface area contributed by atoms with Crippen LogP contribution in [-0.4, -0.2) is 24.0 Å². The van der Waals surface area contributed by atoms with Gasteiger partial charge in [0.25, 0.3) is 0 Å². The molecule has 1 saturated heterocycles. The molecule has 3 atom stereocenters. The van der Waals surface area contributed by atoms with Crippen LogP contribution in [0.4, 0.5) is 0 Å². The molecule has 2 heterocycles. The Morgan fingerprint density at radius 3 is 3.00 bits per heavy atom. The summed E-state index contributed by atoms with van der Waals surface area (Å²) in [6, 6.07) is 6.38. The first-order valence-corrected chi connectivity index (χ1v) is 7.62. The van der Waals surface area contributed by atoms with Crippen LogP contribution in [0.5, 0.6) is 11.5 Å². The second-order valence-corrected chi connectivity index (χ2v) is 6.25. The highest BCUT2D eigenvalue weighted by Crippen LogP contribution is 2.46. The molecule has 1 aromatic rings. The van der Waals surface area contributed by atoms with E-state index in [2.05, 4.69) is 17.4 Å². The maximum atomic E-state index is 10.9. The Hall–Kier alpha value is -1.26. The van der Waals surface area contributed by atoms with E-state index in [9.17, 15) is 5.11 Å². The fourth-order valence-corrected chi connectivity index (χ4v) is 4.08. The topological polar surface area (TPSA) is 50.7 Å². The third-order valence-corrected chi connectivity index (χ3v) is 5.15. The van der Waals surface area contributed by atoms with Crippen molar-refractivity contribution in [1.82, 2.24) is 5.32 Å². The molecule has 3 aliphatic rings. The van der Waals surface area contributed by atoms with Gasteiger partial charge < -0.3 is 19.9 Å². The highest BCUT2D eigenvalue weighted by Gasteiger charge is 2.46. The van der Waals surface area contributed by atoms with Crippen LogP contribution < -0.4 is 14.8 Å². The van der Waals surface area contributed by atoms with Crippen LogP contribution in [0.15, 0.2) is 18.2 Å². The van der Waals surface area contributed by atoms with Crippen LogP contribution in [0.1, 0.15) is 43.7 Å². The summed E-state index contributed by atoms with van der Waals surface area (Å²) in [6.45, 7) is 1.19. The minimum absolute atomic E-state index is 0.226. The molecule has 108 valence electrons. The Labute approximate surface area is 119 Å². The molecule has 20 heavy (non-hydrogen) atoms. The highest BCUT2D eigenvalue weighted by atomic mass is 16.7. The molecule has 2 aliphatic heterocycles. The molecular weight excluding hydrogens is 254 g/mol. The molecule has 0 radical (unpaired) electrons. The Bertz CT molecular complexity index is 514. The SMILES string of the molecule is O[C@]12CCCC[C@@H]1[C@H](c1ccc3c(c1)OCO3)NCC2. The van der Waals surface area contributed by atoms with Gasteiger partial charge in [-0.05, 0) is 43.5 Å². The zero-order valence-corrected chi connectivity index (χ0v) is 11.6. The van der Waals surface area contributed by atoms with Crippen LogP contribution in [0.25, 0.3) is 0 Å². The van der Waals surface area contributed by atoms with Crippen molar-refractivity contribution in [2.45, 2.75) is 43.7 Å². The zero-order chi connectivity index (χ0) is 13.6. The molecule has 1 saturated carbocycles. The monoisotopic (exact) mass is 275 g/mol. The lowest BCUT2D eigenvalue weighted by Crippen LogP contribution is -2.53. The third kappa shape index (κ3) is 1.90. The normalized spacial score (nSPS) is 35.6. The number of rotatable bonds is 1. The molecule has 2 N–H and O–H groups in total. The molecule has 1 aromatic carbocycles. The Morgan fingerprint density at radius 1 is 1.15 bits per heavy atom. The van der Waals surface area contributed by atoms with E-state index in [-0.39, 0.29) is 6.04 Å². The molecule has 1 aliphatic carbocycles. The number of aliphatic hydroxyl groups is 1. The van der Waals surface area contributed by atoms with Gasteiger partial charge in [-0.1, -0.05) is 18.9 Å². The molecule has 0 aromatic heterocycles. The fourth-order valence-electron chi connectivity index (χ4n) is 4.08. The van der Waals surface area contributed by atoms with E-state index in [1.807, 2.05) is 6.07 Å². The lowest BCUT2D eigenvalue weighted by atomic mass is 9.67. The number of hydrogen-bond donors (Lipinski definition) is 2. The van der Waals surface area contributed by atoms with Gasteiger partial charge in [0, 0.05) is 12.0 Å². The van der Waals surface area contributed by atoms with E-state index >= 15 is 0 Å². The summed E-state index contributed by atoms with van der Waals surface area (Å²) in [6.07, 6.45) is 5.29. The van der Waals surface area contributed by atoms with Crippen molar-refractivity contribution in [2.75, 3.05) is 13.3 Å². The predicted molar refractivity (Wildman–Crippen MR) is 74.8 cm³/mol. The van der Waals surface area contributed by atoms with Gasteiger partial charge in [-0.15, -0.1) is 0 Å². The first-order chi connectivity index (χ1) is 9.76. The third-order valence-electron chi connectivity index (χ3n) is 5.15. The first kappa shape index (κ1) is 12.5. The molecule has 4 rings (SSSR count). The fraction of sp³-hybridized carbons (Fsp3) is 0.625. The Kier molecular flexibility index (Phi) is 2.89. The molecule has 4 heteroatoms. The zero-order valence-electron chi connectivity index (χ0n) is 11.6. The number of hydrogen-bond acceptors (Lipinski definition) is 4. The molecule has 4 nitrogen and oxygen atoms in total. The first-order valence-electron chi connectivity index (χ1n) is 7.62. The summed E-state index contributed by atoms with van der Waals surface area (Å²) in [4.78, 5) is 0. The van der Waals surface area contributed by atoms with E-state index in [1.165, 1.54) is 12.0 Å². The van der Waals surface area contributed by atoms with Crippen molar-refractivity contribution in [1.29, 1.82) is 0 Å². The maximum Gasteiger partial charge on any atom is 0.231 e. The van der Waals surface area contributed by atoms with Gasteiger partial charge in [-0.25, -0.2) is 0 Å². The second-order valence-electron chi connectivity index (χ2n) is 6.25. The van der Waals surface area contributed by atoms with E-state index in [4.69, 9.17) is 9.47 Å². The smallest absolute Gasteiger partial charge is 0.231 e. The minimum atomic E-state index is -0.482. The lowest BCUT2D eigenvalue weighted by molar-refractivity contribution is -0.0861. The molecule has 0 unspecified atom stereocenters. The van der Waals surface area contributed by atoms with Gasteiger partial charge in [0.1, 0.15) is 0 Å². The Balaban J connectivity index is 1.66. The minimum Gasteiger partial charge on any atom is -0.454 e. The second kappa shape index (κ2) is 4.64. The van der Waals surface area contributed by atoms with Crippen molar-refractivity contribution < 1.29 is 14.6 Å². The standard InChI is InChI=1S/C16H21NO3/c18-16-6-2-1-3-12(16)15(17-8-7-16)11-4-5-13-14(9-11)20-10-19-13/h4-5,9,12,15,17-18H,1-3,6-8,10H2/t12-,15+,16+/m1/s1. The average molecular weight is 275 g/mol. The van der Waals surface area contributed by atoms with Gasteiger partial charge in [0.15, 0.2) is 11.5 Å². The van der Waals surface area contributed by atoms with E-state index in [0.29, 0.717) is 12.7 Å². The molecular formula is C16H21NO3. The van der Waals surface area contributed by atoms with Crippen LogP contribution >= 0.6 is 0 Å². The molecule has 0 spiro atoms. The predicted octanol–water partition coefficient (Wildman–Crippen LogP) is 2.37. The number of ether oxygens (including phenoxy) is 2. The van der Waals surface area contributed by atoms with Crippen molar-refractivity contribution in [3.63, 3.8) is 0 Å². The summed E-state index contributed by atoms with van der Waals surface area (Å²) in [5.74, 6) is 1.96. The quantitative estimate of drug-likeness (QED) is 0.826. The van der Waals surface area contributed by atoms with Crippen molar-refractivity contribution in [3.8, 4) is 11.5 Å². The maximum absolute atomic E-state index is 10.9. The summed E-state index contributed by atoms with van der Waals surface area (Å²) in [7, 11) is 0. The average Bonchev–Trinajstić information content (AvgIpc) is 2.93.